The SMILES string of the molecule is CCOC(=O)c1ccc(OCC2(C(F)(F)F)OCCO2)cc1. The number of esters is 1. The van der Waals surface area contributed by atoms with Crippen LogP contribution in [0.4, 0.5) is 13.2 Å². The molecule has 0 N–H and O–H groups in total. The molecule has 0 bridgehead atoms. The minimum absolute atomic E-state index is 0.148. The first-order valence-electron chi connectivity index (χ1n) is 6.62. The molecule has 0 unspecified atom stereocenters. The molecule has 0 radical (unpaired) electrons. The van der Waals surface area contributed by atoms with E-state index in [2.05, 4.69) is 9.47 Å². The molecule has 5 nitrogen and oxygen atoms in total. The minimum Gasteiger partial charge on any atom is -0.488 e. The van der Waals surface area contributed by atoms with Crippen LogP contribution < -0.4 is 4.74 Å². The summed E-state index contributed by atoms with van der Waals surface area (Å²) in [6.45, 7) is 0.790. The highest BCUT2D eigenvalue weighted by molar-refractivity contribution is 5.89. The number of rotatable bonds is 5. The molecule has 1 aromatic carbocycles. The molecule has 1 saturated heterocycles. The van der Waals surface area contributed by atoms with Gasteiger partial charge in [0.25, 0.3) is 0 Å². The van der Waals surface area contributed by atoms with Crippen molar-refractivity contribution >= 4 is 5.97 Å². The van der Waals surface area contributed by atoms with Gasteiger partial charge < -0.3 is 18.9 Å². The monoisotopic (exact) mass is 320 g/mol. The molecule has 1 heterocycles. The first kappa shape index (κ1) is 16.6. The fourth-order valence-electron chi connectivity index (χ4n) is 1.86. The van der Waals surface area contributed by atoms with Crippen LogP contribution in [0.5, 0.6) is 5.75 Å². The average Bonchev–Trinajstić information content (AvgIpc) is 2.96. The number of ether oxygens (including phenoxy) is 4. The van der Waals surface area contributed by atoms with Crippen molar-refractivity contribution in [1.82, 2.24) is 0 Å². The Bertz CT molecular complexity index is 506. The van der Waals surface area contributed by atoms with E-state index in [0.29, 0.717) is 0 Å². The van der Waals surface area contributed by atoms with Crippen LogP contribution in [0.3, 0.4) is 0 Å². The van der Waals surface area contributed by atoms with Crippen molar-refractivity contribution in [3.05, 3.63) is 29.8 Å². The number of halogens is 3. The van der Waals surface area contributed by atoms with Gasteiger partial charge in [0, 0.05) is 0 Å². The number of hydrogen-bond donors (Lipinski definition) is 0. The van der Waals surface area contributed by atoms with E-state index < -0.39 is 24.5 Å². The molecule has 8 heteroatoms. The lowest BCUT2D eigenvalue weighted by molar-refractivity contribution is -0.350. The van der Waals surface area contributed by atoms with Gasteiger partial charge in [-0.25, -0.2) is 4.79 Å². The maximum Gasteiger partial charge on any atom is 0.447 e. The normalized spacial score (nSPS) is 17.3. The number of alkyl halides is 3. The summed E-state index contributed by atoms with van der Waals surface area (Å²) >= 11 is 0. The van der Waals surface area contributed by atoms with Gasteiger partial charge in [-0.3, -0.25) is 0 Å². The van der Waals surface area contributed by atoms with Gasteiger partial charge in [0.05, 0.1) is 25.4 Å². The molecule has 1 aromatic rings. The van der Waals surface area contributed by atoms with Crippen LogP contribution in [0.15, 0.2) is 24.3 Å². The van der Waals surface area contributed by atoms with Crippen LogP contribution in [-0.2, 0) is 14.2 Å². The fourth-order valence-corrected chi connectivity index (χ4v) is 1.86. The Morgan fingerprint density at radius 3 is 2.32 bits per heavy atom. The molecule has 1 fully saturated rings. The number of carbonyl (C=O) groups excluding carboxylic acids is 1. The van der Waals surface area contributed by atoms with Crippen molar-refractivity contribution in [2.75, 3.05) is 26.4 Å². The second-order valence-corrected chi connectivity index (χ2v) is 4.48. The van der Waals surface area contributed by atoms with Gasteiger partial charge in [-0.1, -0.05) is 0 Å². The van der Waals surface area contributed by atoms with Gasteiger partial charge >= 0.3 is 17.9 Å². The Kier molecular flexibility index (Phi) is 4.92. The zero-order valence-corrected chi connectivity index (χ0v) is 11.8. The second kappa shape index (κ2) is 6.53. The Balaban J connectivity index is 2.00. The van der Waals surface area contributed by atoms with E-state index in [1.165, 1.54) is 24.3 Å². The molecule has 22 heavy (non-hydrogen) atoms. The first-order valence-corrected chi connectivity index (χ1v) is 6.62. The zero-order valence-electron chi connectivity index (χ0n) is 11.8. The van der Waals surface area contributed by atoms with E-state index in [4.69, 9.17) is 9.47 Å². The predicted octanol–water partition coefficient (Wildman–Crippen LogP) is 2.55. The molecule has 1 aliphatic heterocycles. The third-order valence-corrected chi connectivity index (χ3v) is 2.98. The van der Waals surface area contributed by atoms with Crippen LogP contribution >= 0.6 is 0 Å². The molecule has 2 rings (SSSR count). The largest absolute Gasteiger partial charge is 0.488 e. The van der Waals surface area contributed by atoms with Gasteiger partial charge in [0.15, 0.2) is 6.61 Å². The quantitative estimate of drug-likeness (QED) is 0.781. The Hall–Kier alpha value is -1.80. The summed E-state index contributed by atoms with van der Waals surface area (Å²) < 4.78 is 58.2. The van der Waals surface area contributed by atoms with Crippen LogP contribution in [0.1, 0.15) is 17.3 Å². The number of carbonyl (C=O) groups is 1. The van der Waals surface area contributed by atoms with Crippen LogP contribution in [0, 0.1) is 0 Å². The molecule has 0 aromatic heterocycles. The van der Waals surface area contributed by atoms with Crippen LogP contribution in [-0.4, -0.2) is 44.4 Å². The standard InChI is InChI=1S/C14H15F3O5/c1-2-19-12(18)10-3-5-11(6-4-10)20-9-13(14(15,16)17)21-7-8-22-13/h3-6H,2,7-9H2,1H3. The van der Waals surface area contributed by atoms with Crippen LogP contribution in [0.25, 0.3) is 0 Å². The highest BCUT2D eigenvalue weighted by atomic mass is 19.4. The maximum atomic E-state index is 13.0. The van der Waals surface area contributed by atoms with Gasteiger partial charge in [-0.2, -0.15) is 13.2 Å². The summed E-state index contributed by atoms with van der Waals surface area (Å²) in [7, 11) is 0. The molecular formula is C14H15F3O5. The summed E-state index contributed by atoms with van der Waals surface area (Å²) in [6.07, 6.45) is -4.70. The molecule has 0 atom stereocenters. The molecule has 122 valence electrons. The topological polar surface area (TPSA) is 54.0 Å². The number of hydrogen-bond acceptors (Lipinski definition) is 5. The summed E-state index contributed by atoms with van der Waals surface area (Å²) in [5.41, 5.74) is 0.285. The average molecular weight is 320 g/mol. The zero-order chi connectivity index (χ0) is 16.2. The maximum absolute atomic E-state index is 13.0. The summed E-state index contributed by atoms with van der Waals surface area (Å²) in [5, 5.41) is 0. The summed E-state index contributed by atoms with van der Waals surface area (Å²) in [6, 6.07) is 5.57. The van der Waals surface area contributed by atoms with Crippen molar-refractivity contribution < 1.29 is 36.9 Å². The van der Waals surface area contributed by atoms with Crippen molar-refractivity contribution in [3.8, 4) is 5.75 Å². The molecular weight excluding hydrogens is 305 g/mol. The summed E-state index contributed by atoms with van der Waals surface area (Å²) in [4.78, 5) is 11.5. The smallest absolute Gasteiger partial charge is 0.447 e. The van der Waals surface area contributed by atoms with Crippen LogP contribution in [0.2, 0.25) is 0 Å². The minimum atomic E-state index is -4.70. The third-order valence-electron chi connectivity index (χ3n) is 2.98. The van der Waals surface area contributed by atoms with Gasteiger partial charge in [-0.05, 0) is 31.2 Å². The second-order valence-electron chi connectivity index (χ2n) is 4.48. The molecule has 0 amide bonds. The van der Waals surface area contributed by atoms with Crippen molar-refractivity contribution in [2.24, 2.45) is 0 Å². The van der Waals surface area contributed by atoms with E-state index in [1.807, 2.05) is 0 Å². The van der Waals surface area contributed by atoms with Crippen molar-refractivity contribution in [3.63, 3.8) is 0 Å². The lowest BCUT2D eigenvalue weighted by Crippen LogP contribution is -2.51. The molecule has 0 spiro atoms. The van der Waals surface area contributed by atoms with Crippen molar-refractivity contribution in [2.45, 2.75) is 18.9 Å². The molecule has 1 aliphatic rings. The third kappa shape index (κ3) is 3.50. The predicted molar refractivity (Wildman–Crippen MR) is 68.6 cm³/mol. The van der Waals surface area contributed by atoms with E-state index in [9.17, 15) is 18.0 Å². The van der Waals surface area contributed by atoms with Gasteiger partial charge in [-0.15, -0.1) is 0 Å². The van der Waals surface area contributed by atoms with E-state index in [-0.39, 0.29) is 31.1 Å². The van der Waals surface area contributed by atoms with E-state index >= 15 is 0 Å². The molecule has 0 saturated carbocycles. The van der Waals surface area contributed by atoms with Gasteiger partial charge in [0.1, 0.15) is 5.75 Å². The van der Waals surface area contributed by atoms with E-state index in [1.54, 1.807) is 6.92 Å². The van der Waals surface area contributed by atoms with E-state index in [0.717, 1.165) is 0 Å². The Morgan fingerprint density at radius 2 is 1.82 bits per heavy atom. The highest BCUT2D eigenvalue weighted by Crippen LogP contribution is 2.38. The lowest BCUT2D eigenvalue weighted by atomic mass is 10.2. The van der Waals surface area contributed by atoms with Gasteiger partial charge in [0.2, 0.25) is 0 Å². The molecule has 0 aliphatic carbocycles. The lowest BCUT2D eigenvalue weighted by Gasteiger charge is -2.29. The Morgan fingerprint density at radius 1 is 1.23 bits per heavy atom. The number of benzene rings is 1. The Labute approximate surface area is 124 Å². The highest BCUT2D eigenvalue weighted by Gasteiger charge is 2.61. The van der Waals surface area contributed by atoms with Crippen molar-refractivity contribution in [1.29, 1.82) is 0 Å². The fraction of sp³-hybridized carbons (Fsp3) is 0.500. The first-order chi connectivity index (χ1) is 10.4. The summed E-state index contributed by atoms with van der Waals surface area (Å²) in [5.74, 6) is -3.09.